The number of Topliss-reactive ketones (excluding diaryl/α,β-unsaturated/α-hetero) is 1. The van der Waals surface area contributed by atoms with Gasteiger partial charge in [-0.3, -0.25) is 33.2 Å². The Labute approximate surface area is 268 Å². The van der Waals surface area contributed by atoms with Crippen LogP contribution in [0.25, 0.3) is 0 Å². The van der Waals surface area contributed by atoms with Gasteiger partial charge in [-0.2, -0.15) is 132 Å². The topological polar surface area (TPSA) is 72.5 Å². The minimum absolute atomic E-state index is 1.40. The fourth-order valence-corrected chi connectivity index (χ4v) is 3.33. The number of alkyl halides is 30. The van der Waals surface area contributed by atoms with Gasteiger partial charge in [-0.05, 0) is 0 Å². The largest absolute Gasteiger partial charge is 0.458 e. The molecule has 0 N–H and O–H groups in total. The van der Waals surface area contributed by atoms with Crippen molar-refractivity contribution in [2.45, 2.75) is 96.5 Å². The number of rotatable bonds is 6. The molecule has 0 bridgehead atoms. The predicted octanol–water partition coefficient (Wildman–Crippen LogP) is 8.48. The summed E-state index contributed by atoms with van der Waals surface area (Å²) in [4.78, 5) is 12.0. The van der Waals surface area contributed by atoms with Crippen LogP contribution < -0.4 is 0 Å². The molecule has 54 heavy (non-hydrogen) atoms. The second-order valence-corrected chi connectivity index (χ2v) is 9.61. The first-order valence-corrected chi connectivity index (χ1v) is 11.3. The van der Waals surface area contributed by atoms with Crippen molar-refractivity contribution < 1.29 is 165 Å². The van der Waals surface area contributed by atoms with Crippen molar-refractivity contribution in [3.05, 3.63) is 0 Å². The molecule has 0 aromatic carbocycles. The van der Waals surface area contributed by atoms with Crippen LogP contribution in [0.2, 0.25) is 0 Å². The van der Waals surface area contributed by atoms with Gasteiger partial charge in [0.15, 0.2) is 0 Å². The number of halogens is 30. The molecule has 8 unspecified atom stereocenters. The van der Waals surface area contributed by atoms with Gasteiger partial charge in [0.25, 0.3) is 5.78 Å². The third kappa shape index (κ3) is 6.29. The van der Waals surface area contributed by atoms with E-state index in [2.05, 4.69) is 0 Å². The zero-order valence-corrected chi connectivity index (χ0v) is 22.7. The number of ketones is 1. The van der Waals surface area contributed by atoms with Crippen molar-refractivity contribution in [2.24, 2.45) is 0 Å². The van der Waals surface area contributed by atoms with Crippen molar-refractivity contribution in [1.82, 2.24) is 0 Å². The first kappa shape index (κ1) is 47.5. The van der Waals surface area contributed by atoms with Gasteiger partial charge in [0.1, 0.15) is 0 Å². The Hall–Kier alpha value is -2.67. The molecule has 2 saturated heterocycles. The van der Waals surface area contributed by atoms with Gasteiger partial charge in [0.05, 0.1) is 0 Å². The molecular formula is C17F30O7. The Bertz CT molecular complexity index is 1360. The van der Waals surface area contributed by atoms with Crippen LogP contribution in [-0.2, 0) is 33.2 Å². The van der Waals surface area contributed by atoms with E-state index in [4.69, 9.17) is 0 Å². The molecule has 0 aliphatic carbocycles. The summed E-state index contributed by atoms with van der Waals surface area (Å²) in [5.41, 5.74) is 0. The van der Waals surface area contributed by atoms with Crippen molar-refractivity contribution in [2.75, 3.05) is 0 Å². The van der Waals surface area contributed by atoms with Gasteiger partial charge in [0, 0.05) is 0 Å². The van der Waals surface area contributed by atoms with Crippen molar-refractivity contribution >= 4 is 5.78 Å². The molecule has 2 aliphatic heterocycles. The van der Waals surface area contributed by atoms with E-state index in [0.717, 1.165) is 0 Å². The quantitative estimate of drug-likeness (QED) is 0.248. The Morgan fingerprint density at radius 3 is 0.722 bits per heavy atom. The van der Waals surface area contributed by atoms with E-state index in [1.165, 1.54) is 28.4 Å². The third-order valence-corrected chi connectivity index (χ3v) is 5.91. The standard InChI is InChI=1S/C17F30O7/c18-2(8(24,25)26,49-16(46)6(22,12(36,37)38)51-14(42,43)4(20,53-16)10(30,31)32)1(48)3(19,9(27,28)29)50-17(47)7(23,13(39,40)41)52-15(44,45)5(21,54-17)11(33,34)35. The summed E-state index contributed by atoms with van der Waals surface area (Å²) in [7, 11) is 0. The lowest BCUT2D eigenvalue weighted by Gasteiger charge is -2.51. The van der Waals surface area contributed by atoms with E-state index < -0.39 is 102 Å². The van der Waals surface area contributed by atoms with E-state index in [1.807, 2.05) is 0 Å². The fraction of sp³-hybridized carbons (Fsp3) is 0.941. The average molecular weight is 886 g/mol. The van der Waals surface area contributed by atoms with Crippen LogP contribution in [0, 0.1) is 0 Å². The summed E-state index contributed by atoms with van der Waals surface area (Å²) in [6.45, 7) is 0. The molecule has 0 amide bonds. The van der Waals surface area contributed by atoms with Crippen LogP contribution in [-0.4, -0.2) is 102 Å². The SMILES string of the molecule is O=C(C(F)(OC1(F)OC(F)(C(F)(F)F)C(F)(F)OC1(F)C(F)(F)F)C(F)(F)F)C(F)(OC1(F)OC(F)(C(F)(F)F)C(F)(F)OC1(F)C(F)(F)F)C(F)(F)F. The van der Waals surface area contributed by atoms with Gasteiger partial charge in [-0.1, -0.05) is 0 Å². The minimum atomic E-state index is -9.00. The van der Waals surface area contributed by atoms with Crippen LogP contribution in [0.15, 0.2) is 0 Å². The van der Waals surface area contributed by atoms with E-state index in [0.29, 0.717) is 0 Å². The summed E-state index contributed by atoms with van der Waals surface area (Å²) in [6, 6.07) is -17.1. The third-order valence-electron chi connectivity index (χ3n) is 5.91. The molecule has 7 nitrogen and oxygen atoms in total. The lowest BCUT2D eigenvalue weighted by atomic mass is 10.0. The maximum Gasteiger partial charge on any atom is 0.458 e. The summed E-state index contributed by atoms with van der Waals surface area (Å²) >= 11 is 0. The molecule has 0 saturated carbocycles. The molecule has 0 spiro atoms. The lowest BCUT2D eigenvalue weighted by Crippen LogP contribution is -2.80. The van der Waals surface area contributed by atoms with E-state index in [-0.39, 0.29) is 0 Å². The maximum atomic E-state index is 15.1. The van der Waals surface area contributed by atoms with Crippen LogP contribution in [0.1, 0.15) is 0 Å². The number of carbonyl (C=O) groups excluding carboxylic acids is 1. The average Bonchev–Trinajstić information content (AvgIpc) is 2.86. The van der Waals surface area contributed by atoms with E-state index >= 15 is 17.6 Å². The predicted molar refractivity (Wildman–Crippen MR) is 88.5 cm³/mol. The van der Waals surface area contributed by atoms with Crippen molar-refractivity contribution in [3.63, 3.8) is 0 Å². The van der Waals surface area contributed by atoms with Gasteiger partial charge < -0.3 is 0 Å². The number of ether oxygens (including phenoxy) is 6. The second-order valence-electron chi connectivity index (χ2n) is 9.61. The summed E-state index contributed by atoms with van der Waals surface area (Å²) in [5, 5.41) is 0. The van der Waals surface area contributed by atoms with Crippen LogP contribution in [0.3, 0.4) is 0 Å². The van der Waals surface area contributed by atoms with E-state index in [9.17, 15) is 119 Å². The highest BCUT2D eigenvalue weighted by Crippen LogP contribution is 2.65. The molecule has 0 aromatic heterocycles. The Morgan fingerprint density at radius 2 is 0.556 bits per heavy atom. The molecule has 2 rings (SSSR count). The highest BCUT2D eigenvalue weighted by atomic mass is 19.4. The molecule has 0 aromatic rings. The smallest absolute Gasteiger partial charge is 0.286 e. The Kier molecular flexibility index (Phi) is 10.3. The molecule has 37 heteroatoms. The first-order chi connectivity index (χ1) is 22.9. The normalized spacial score (nSPS) is 38.0. The Morgan fingerprint density at radius 1 is 0.352 bits per heavy atom. The van der Waals surface area contributed by atoms with Gasteiger partial charge in [-0.15, -0.1) is 0 Å². The van der Waals surface area contributed by atoms with Gasteiger partial charge >= 0.3 is 96.5 Å². The van der Waals surface area contributed by atoms with Crippen LogP contribution in [0.5, 0.6) is 0 Å². The fourth-order valence-electron chi connectivity index (χ4n) is 3.33. The lowest BCUT2D eigenvalue weighted by molar-refractivity contribution is -0.649. The highest BCUT2D eigenvalue weighted by Gasteiger charge is 2.95. The molecule has 0 radical (unpaired) electrons. The summed E-state index contributed by atoms with van der Waals surface area (Å²) in [6.07, 6.45) is -66.3. The second kappa shape index (κ2) is 11.7. The number of carbonyl (C=O) groups is 1. The molecule has 320 valence electrons. The summed E-state index contributed by atoms with van der Waals surface area (Å²) in [5.74, 6) is -57.3. The van der Waals surface area contributed by atoms with Crippen LogP contribution >= 0.6 is 0 Å². The monoisotopic (exact) mass is 886 g/mol. The molecular weight excluding hydrogens is 886 g/mol. The zero-order chi connectivity index (χ0) is 43.8. The molecule has 2 aliphatic rings. The Balaban J connectivity index is 3.07. The van der Waals surface area contributed by atoms with E-state index in [1.54, 1.807) is 0 Å². The van der Waals surface area contributed by atoms with Crippen LogP contribution in [0.4, 0.5) is 132 Å². The molecule has 2 heterocycles. The highest BCUT2D eigenvalue weighted by molar-refractivity contribution is 5.94. The first-order valence-electron chi connectivity index (χ1n) is 11.3. The van der Waals surface area contributed by atoms with Gasteiger partial charge in [0.2, 0.25) is 0 Å². The molecule has 8 atom stereocenters. The number of hydrogen-bond donors (Lipinski definition) is 0. The number of hydrogen-bond acceptors (Lipinski definition) is 7. The van der Waals surface area contributed by atoms with Crippen molar-refractivity contribution in [3.8, 4) is 0 Å². The maximum absolute atomic E-state index is 15.1. The zero-order valence-electron chi connectivity index (χ0n) is 22.7. The summed E-state index contributed by atoms with van der Waals surface area (Å²) < 4.78 is 418. The minimum Gasteiger partial charge on any atom is -0.286 e. The van der Waals surface area contributed by atoms with Crippen molar-refractivity contribution in [1.29, 1.82) is 0 Å². The van der Waals surface area contributed by atoms with Gasteiger partial charge in [-0.25, -0.2) is 0 Å². The molecule has 2 fully saturated rings.